The number of benzene rings is 2. The van der Waals surface area contributed by atoms with Gasteiger partial charge in [-0.05, 0) is 47.4 Å². The lowest BCUT2D eigenvalue weighted by atomic mass is 9.92. The number of amides is 2. The van der Waals surface area contributed by atoms with Crippen LogP contribution in [0.25, 0.3) is 11.1 Å². The molecule has 1 fully saturated rings. The maximum Gasteiger partial charge on any atom is 0.407 e. The highest BCUT2D eigenvalue weighted by Gasteiger charge is 2.35. The monoisotopic (exact) mass is 464 g/mol. The van der Waals surface area contributed by atoms with E-state index in [0.717, 1.165) is 24.0 Å². The minimum Gasteiger partial charge on any atom is -0.481 e. The van der Waals surface area contributed by atoms with Crippen LogP contribution in [0.3, 0.4) is 0 Å². The second-order valence-corrected chi connectivity index (χ2v) is 9.21. The van der Waals surface area contributed by atoms with Crippen molar-refractivity contribution in [3.05, 3.63) is 59.7 Å². The topological polar surface area (TPSA) is 95.9 Å². The van der Waals surface area contributed by atoms with Crippen LogP contribution in [0.2, 0.25) is 0 Å². The molecular formula is C27H32N2O5. The van der Waals surface area contributed by atoms with E-state index in [1.165, 1.54) is 11.1 Å². The van der Waals surface area contributed by atoms with Crippen molar-refractivity contribution in [2.45, 2.75) is 51.0 Å². The number of likely N-dealkylation sites (tertiary alicyclic amines) is 1. The maximum absolute atomic E-state index is 12.9. The number of carbonyl (C=O) groups excluding carboxylic acids is 2. The summed E-state index contributed by atoms with van der Waals surface area (Å²) >= 11 is 0. The van der Waals surface area contributed by atoms with Gasteiger partial charge in [-0.2, -0.15) is 0 Å². The third-order valence-electron chi connectivity index (χ3n) is 6.78. The van der Waals surface area contributed by atoms with E-state index >= 15 is 0 Å². The molecule has 180 valence electrons. The van der Waals surface area contributed by atoms with Gasteiger partial charge in [0.1, 0.15) is 12.6 Å². The molecule has 34 heavy (non-hydrogen) atoms. The minimum atomic E-state index is -0.789. The number of aliphatic carboxylic acids is 1. The standard InChI is InChI=1S/C27H32N2O5/c1-2-8-24(26(32)29-15-18(16-29)9-7-14-25(30)31)28-27(33)34-17-23-21-12-5-3-10-19(21)20-11-4-6-13-22(20)23/h3-6,10-13,18,23-24H,2,7-9,14-17H2,1H3,(H,28,33)(H,30,31)/t24-/m1/s1. The molecule has 2 aliphatic rings. The lowest BCUT2D eigenvalue weighted by Gasteiger charge is -2.41. The highest BCUT2D eigenvalue weighted by Crippen LogP contribution is 2.44. The van der Waals surface area contributed by atoms with E-state index in [9.17, 15) is 14.4 Å². The summed E-state index contributed by atoms with van der Waals surface area (Å²) in [4.78, 5) is 38.0. The molecule has 0 saturated carbocycles. The molecule has 1 atom stereocenters. The Hall–Kier alpha value is -3.35. The van der Waals surface area contributed by atoms with Gasteiger partial charge in [0.05, 0.1) is 0 Å². The van der Waals surface area contributed by atoms with E-state index in [0.29, 0.717) is 31.8 Å². The molecule has 1 saturated heterocycles. The number of carboxylic acids is 1. The largest absolute Gasteiger partial charge is 0.481 e. The summed E-state index contributed by atoms with van der Waals surface area (Å²) in [5.74, 6) is -0.576. The first kappa shape index (κ1) is 23.8. The van der Waals surface area contributed by atoms with E-state index < -0.39 is 18.1 Å². The maximum atomic E-state index is 12.9. The number of fused-ring (bicyclic) bond motifs is 3. The molecule has 7 heteroatoms. The highest BCUT2D eigenvalue weighted by atomic mass is 16.5. The zero-order chi connectivity index (χ0) is 24.1. The summed E-state index contributed by atoms with van der Waals surface area (Å²) in [5.41, 5.74) is 4.63. The van der Waals surface area contributed by atoms with Crippen LogP contribution in [-0.2, 0) is 14.3 Å². The number of alkyl carbamates (subject to hydrolysis) is 1. The lowest BCUT2D eigenvalue weighted by Crippen LogP contribution is -2.57. The average Bonchev–Trinajstić information content (AvgIpc) is 3.12. The van der Waals surface area contributed by atoms with Gasteiger partial charge in [0.25, 0.3) is 0 Å². The molecule has 2 aromatic carbocycles. The van der Waals surface area contributed by atoms with Crippen molar-refractivity contribution in [1.29, 1.82) is 0 Å². The van der Waals surface area contributed by atoms with E-state index in [4.69, 9.17) is 9.84 Å². The number of carbonyl (C=O) groups is 3. The van der Waals surface area contributed by atoms with Gasteiger partial charge >= 0.3 is 12.1 Å². The lowest BCUT2D eigenvalue weighted by molar-refractivity contribution is -0.141. The first-order valence-electron chi connectivity index (χ1n) is 12.1. The Labute approximate surface area is 200 Å². The average molecular weight is 465 g/mol. The van der Waals surface area contributed by atoms with Crippen molar-refractivity contribution < 1.29 is 24.2 Å². The fraction of sp³-hybridized carbons (Fsp3) is 0.444. The first-order valence-corrected chi connectivity index (χ1v) is 12.1. The molecule has 7 nitrogen and oxygen atoms in total. The van der Waals surface area contributed by atoms with Gasteiger partial charge in [0.2, 0.25) is 5.91 Å². The van der Waals surface area contributed by atoms with Gasteiger partial charge in [0.15, 0.2) is 0 Å². The van der Waals surface area contributed by atoms with Crippen LogP contribution < -0.4 is 5.32 Å². The van der Waals surface area contributed by atoms with Crippen LogP contribution >= 0.6 is 0 Å². The van der Waals surface area contributed by atoms with E-state index in [1.54, 1.807) is 4.90 Å². The Morgan fingerprint density at radius 1 is 1.06 bits per heavy atom. The predicted molar refractivity (Wildman–Crippen MR) is 128 cm³/mol. The Balaban J connectivity index is 1.30. The molecule has 0 radical (unpaired) electrons. The minimum absolute atomic E-state index is 0.0274. The molecule has 0 aromatic heterocycles. The van der Waals surface area contributed by atoms with Gasteiger partial charge < -0.3 is 20.1 Å². The van der Waals surface area contributed by atoms with Crippen molar-refractivity contribution in [2.24, 2.45) is 5.92 Å². The van der Waals surface area contributed by atoms with Crippen molar-refractivity contribution >= 4 is 18.0 Å². The molecule has 1 aliphatic heterocycles. The molecule has 0 spiro atoms. The van der Waals surface area contributed by atoms with Crippen LogP contribution in [0, 0.1) is 5.92 Å². The molecular weight excluding hydrogens is 432 g/mol. The number of hydrogen-bond donors (Lipinski definition) is 2. The number of hydrogen-bond acceptors (Lipinski definition) is 4. The normalized spacial score (nSPS) is 15.7. The van der Waals surface area contributed by atoms with Crippen molar-refractivity contribution in [2.75, 3.05) is 19.7 Å². The third-order valence-corrected chi connectivity index (χ3v) is 6.78. The van der Waals surface area contributed by atoms with E-state index in [1.807, 2.05) is 31.2 Å². The van der Waals surface area contributed by atoms with Crippen LogP contribution in [0.1, 0.15) is 56.1 Å². The molecule has 2 aromatic rings. The third kappa shape index (κ3) is 5.24. The Morgan fingerprint density at radius 3 is 2.26 bits per heavy atom. The molecule has 1 heterocycles. The van der Waals surface area contributed by atoms with Gasteiger partial charge in [-0.1, -0.05) is 61.9 Å². The number of rotatable bonds is 10. The smallest absolute Gasteiger partial charge is 0.407 e. The summed E-state index contributed by atoms with van der Waals surface area (Å²) < 4.78 is 5.62. The summed E-state index contributed by atoms with van der Waals surface area (Å²) in [5, 5.41) is 11.5. The van der Waals surface area contributed by atoms with E-state index in [2.05, 4.69) is 29.6 Å². The Bertz CT molecular complexity index is 1000. The second kappa shape index (κ2) is 10.7. The highest BCUT2D eigenvalue weighted by molar-refractivity contribution is 5.86. The molecule has 1 aliphatic carbocycles. The fourth-order valence-corrected chi connectivity index (χ4v) is 5.02. The van der Waals surface area contributed by atoms with Crippen LogP contribution in [0.4, 0.5) is 4.79 Å². The van der Waals surface area contributed by atoms with Crippen molar-refractivity contribution in [1.82, 2.24) is 10.2 Å². The molecule has 2 N–H and O–H groups in total. The van der Waals surface area contributed by atoms with E-state index in [-0.39, 0.29) is 24.9 Å². The second-order valence-electron chi connectivity index (χ2n) is 9.21. The van der Waals surface area contributed by atoms with Crippen LogP contribution in [0.5, 0.6) is 0 Å². The summed E-state index contributed by atoms with van der Waals surface area (Å²) in [6.45, 7) is 3.42. The molecule has 0 bridgehead atoms. The Kier molecular flexibility index (Phi) is 7.50. The molecule has 4 rings (SSSR count). The number of ether oxygens (including phenoxy) is 1. The summed E-state index contributed by atoms with van der Waals surface area (Å²) in [6.07, 6.45) is 2.31. The van der Waals surface area contributed by atoms with Crippen molar-refractivity contribution in [3.8, 4) is 11.1 Å². The summed E-state index contributed by atoms with van der Waals surface area (Å²) in [6, 6.07) is 15.7. The predicted octanol–water partition coefficient (Wildman–Crippen LogP) is 4.41. The van der Waals surface area contributed by atoms with Gasteiger partial charge in [-0.15, -0.1) is 0 Å². The van der Waals surface area contributed by atoms with Crippen molar-refractivity contribution in [3.63, 3.8) is 0 Å². The Morgan fingerprint density at radius 2 is 1.68 bits per heavy atom. The summed E-state index contributed by atoms with van der Waals surface area (Å²) in [7, 11) is 0. The SMILES string of the molecule is CCC[C@@H](NC(=O)OCC1c2ccccc2-c2ccccc21)C(=O)N1CC(CCCC(=O)O)C1. The van der Waals surface area contributed by atoms with Gasteiger partial charge in [0, 0.05) is 25.4 Å². The molecule has 0 unspecified atom stereocenters. The molecule has 2 amide bonds. The van der Waals surface area contributed by atoms with Gasteiger partial charge in [-0.25, -0.2) is 4.79 Å². The fourth-order valence-electron chi connectivity index (χ4n) is 5.02. The zero-order valence-electron chi connectivity index (χ0n) is 19.5. The van der Waals surface area contributed by atoms with Crippen LogP contribution in [0.15, 0.2) is 48.5 Å². The van der Waals surface area contributed by atoms with Gasteiger partial charge in [-0.3, -0.25) is 9.59 Å². The first-order chi connectivity index (χ1) is 16.5. The zero-order valence-corrected chi connectivity index (χ0v) is 19.5. The number of nitrogens with one attached hydrogen (secondary N) is 1. The number of nitrogens with zero attached hydrogens (tertiary/aromatic N) is 1. The van der Waals surface area contributed by atoms with Crippen LogP contribution in [-0.4, -0.2) is 53.7 Å². The number of carboxylic acid groups (broad SMARTS) is 1. The quantitative estimate of drug-likeness (QED) is 0.543.